The SMILES string of the molecule is O=C(O)C(F)(F)F.O=C1CCC(c2ccc(N3CC4(CNC4)C3)cc2)C(=O)N1. The Morgan fingerprint density at radius 1 is 1.14 bits per heavy atom. The van der Waals surface area contributed by atoms with Gasteiger partial charge in [-0.2, -0.15) is 13.2 Å². The third kappa shape index (κ3) is 4.27. The van der Waals surface area contributed by atoms with Gasteiger partial charge < -0.3 is 15.3 Å². The van der Waals surface area contributed by atoms with Crippen LogP contribution in [-0.4, -0.2) is 55.2 Å². The van der Waals surface area contributed by atoms with E-state index in [1.807, 2.05) is 12.1 Å². The maximum Gasteiger partial charge on any atom is 0.490 e. The van der Waals surface area contributed by atoms with Crippen molar-refractivity contribution in [1.82, 2.24) is 10.6 Å². The maximum atomic E-state index is 11.9. The van der Waals surface area contributed by atoms with Gasteiger partial charge in [-0.1, -0.05) is 12.1 Å². The number of aliphatic carboxylic acids is 1. The maximum absolute atomic E-state index is 11.9. The van der Waals surface area contributed by atoms with Crippen molar-refractivity contribution in [3.63, 3.8) is 0 Å². The van der Waals surface area contributed by atoms with Gasteiger partial charge in [-0.25, -0.2) is 4.79 Å². The van der Waals surface area contributed by atoms with E-state index in [-0.39, 0.29) is 17.7 Å². The monoisotopic (exact) mass is 399 g/mol. The van der Waals surface area contributed by atoms with Gasteiger partial charge in [-0.15, -0.1) is 0 Å². The van der Waals surface area contributed by atoms with Crippen LogP contribution in [0.2, 0.25) is 0 Å². The number of halogens is 3. The molecule has 3 heterocycles. The van der Waals surface area contributed by atoms with E-state index in [4.69, 9.17) is 9.90 Å². The number of nitrogens with zero attached hydrogens (tertiary/aromatic N) is 1. The third-order valence-electron chi connectivity index (χ3n) is 5.19. The van der Waals surface area contributed by atoms with Crippen molar-refractivity contribution in [2.75, 3.05) is 31.1 Å². The molecule has 7 nitrogen and oxygen atoms in total. The molecule has 0 aliphatic carbocycles. The van der Waals surface area contributed by atoms with E-state index in [1.54, 1.807) is 0 Å². The lowest BCUT2D eigenvalue weighted by Gasteiger charge is -2.57. The number of hydrogen-bond acceptors (Lipinski definition) is 5. The molecule has 3 aliphatic heterocycles. The molecule has 3 N–H and O–H groups in total. The Labute approximate surface area is 158 Å². The fourth-order valence-electron chi connectivity index (χ4n) is 3.58. The van der Waals surface area contributed by atoms with Crippen molar-refractivity contribution in [2.24, 2.45) is 5.41 Å². The molecule has 0 radical (unpaired) electrons. The molecule has 1 unspecified atom stereocenters. The van der Waals surface area contributed by atoms with Gasteiger partial charge >= 0.3 is 12.1 Å². The molecule has 152 valence electrons. The molecule has 3 aliphatic rings. The van der Waals surface area contributed by atoms with E-state index in [1.165, 1.54) is 5.69 Å². The van der Waals surface area contributed by atoms with Crippen molar-refractivity contribution < 1.29 is 32.7 Å². The highest BCUT2D eigenvalue weighted by molar-refractivity contribution is 6.00. The van der Waals surface area contributed by atoms with E-state index >= 15 is 0 Å². The zero-order valence-electron chi connectivity index (χ0n) is 14.9. The van der Waals surface area contributed by atoms with Gasteiger partial charge in [0, 0.05) is 43.7 Å². The summed E-state index contributed by atoms with van der Waals surface area (Å²) >= 11 is 0. The molecule has 1 aromatic rings. The second-order valence-electron chi connectivity index (χ2n) is 7.36. The number of carboxylic acids is 1. The molecule has 3 saturated heterocycles. The van der Waals surface area contributed by atoms with Gasteiger partial charge in [0.2, 0.25) is 11.8 Å². The number of benzene rings is 1. The van der Waals surface area contributed by atoms with Crippen LogP contribution in [-0.2, 0) is 14.4 Å². The molecule has 1 aromatic carbocycles. The van der Waals surface area contributed by atoms with Crippen LogP contribution in [0.5, 0.6) is 0 Å². The molecule has 1 atom stereocenters. The average Bonchev–Trinajstić information content (AvgIpc) is 2.53. The molecule has 2 amide bonds. The number of nitrogens with one attached hydrogen (secondary N) is 2. The molecule has 4 rings (SSSR count). The van der Waals surface area contributed by atoms with Gasteiger partial charge in [0.1, 0.15) is 0 Å². The summed E-state index contributed by atoms with van der Waals surface area (Å²) in [5.74, 6) is -3.27. The lowest BCUT2D eigenvalue weighted by atomic mass is 9.74. The van der Waals surface area contributed by atoms with Crippen LogP contribution in [0.25, 0.3) is 0 Å². The Balaban J connectivity index is 0.000000279. The van der Waals surface area contributed by atoms with Crippen LogP contribution >= 0.6 is 0 Å². The Morgan fingerprint density at radius 3 is 2.14 bits per heavy atom. The number of carbonyl (C=O) groups is 3. The summed E-state index contributed by atoms with van der Waals surface area (Å²) in [5, 5.41) is 12.9. The first-order valence-electron chi connectivity index (χ1n) is 8.79. The summed E-state index contributed by atoms with van der Waals surface area (Å²) in [4.78, 5) is 34.3. The Bertz CT molecular complexity index is 767. The van der Waals surface area contributed by atoms with Crippen LogP contribution in [0, 0.1) is 5.41 Å². The standard InChI is InChI=1S/C16H19N3O2.C2HF3O2/c20-14-6-5-13(15(21)18-14)11-1-3-12(4-2-11)19-9-16(10-19)7-17-8-16;3-2(4,5)1(6)7/h1-4,13,17H,5-10H2,(H,18,20,21);(H,6,7). The zero-order valence-corrected chi connectivity index (χ0v) is 14.9. The number of piperidine rings is 1. The summed E-state index contributed by atoms with van der Waals surface area (Å²) in [6.07, 6.45) is -4.04. The molecule has 0 bridgehead atoms. The quantitative estimate of drug-likeness (QED) is 0.648. The third-order valence-corrected chi connectivity index (χ3v) is 5.19. The van der Waals surface area contributed by atoms with Gasteiger partial charge in [-0.05, 0) is 24.1 Å². The lowest BCUT2D eigenvalue weighted by molar-refractivity contribution is -0.192. The number of amides is 2. The minimum Gasteiger partial charge on any atom is -0.475 e. The summed E-state index contributed by atoms with van der Waals surface area (Å²) < 4.78 is 31.7. The zero-order chi connectivity index (χ0) is 20.5. The van der Waals surface area contributed by atoms with E-state index < -0.39 is 12.1 Å². The van der Waals surface area contributed by atoms with Crippen LogP contribution in [0.3, 0.4) is 0 Å². The second kappa shape index (κ2) is 7.42. The fourth-order valence-corrected chi connectivity index (χ4v) is 3.58. The molecule has 3 fully saturated rings. The minimum absolute atomic E-state index is 0.159. The van der Waals surface area contributed by atoms with E-state index in [0.717, 1.165) is 31.7 Å². The molecule has 1 spiro atoms. The van der Waals surface area contributed by atoms with Crippen molar-refractivity contribution in [3.05, 3.63) is 29.8 Å². The lowest BCUT2D eigenvalue weighted by Crippen LogP contribution is -2.71. The van der Waals surface area contributed by atoms with Crippen molar-refractivity contribution >= 4 is 23.5 Å². The minimum atomic E-state index is -5.08. The van der Waals surface area contributed by atoms with Gasteiger partial charge in [0.25, 0.3) is 0 Å². The van der Waals surface area contributed by atoms with Crippen LogP contribution in [0.15, 0.2) is 24.3 Å². The predicted octanol–water partition coefficient (Wildman–Crippen LogP) is 1.25. The Kier molecular flexibility index (Phi) is 5.33. The predicted molar refractivity (Wildman–Crippen MR) is 92.8 cm³/mol. The normalized spacial score (nSPS) is 23.1. The van der Waals surface area contributed by atoms with E-state index in [9.17, 15) is 22.8 Å². The highest BCUT2D eigenvalue weighted by atomic mass is 19.4. The number of carboxylic acid groups (broad SMARTS) is 1. The molecule has 10 heteroatoms. The van der Waals surface area contributed by atoms with Crippen molar-refractivity contribution in [2.45, 2.75) is 24.9 Å². The Morgan fingerprint density at radius 2 is 1.71 bits per heavy atom. The highest BCUT2D eigenvalue weighted by Gasteiger charge is 2.47. The second-order valence-corrected chi connectivity index (χ2v) is 7.36. The highest BCUT2D eigenvalue weighted by Crippen LogP contribution is 2.38. The number of rotatable bonds is 2. The fraction of sp³-hybridized carbons (Fsp3) is 0.500. The molecule has 0 saturated carbocycles. The number of anilines is 1. The summed E-state index contributed by atoms with van der Waals surface area (Å²) in [5.41, 5.74) is 2.75. The largest absolute Gasteiger partial charge is 0.490 e. The van der Waals surface area contributed by atoms with E-state index in [0.29, 0.717) is 18.3 Å². The van der Waals surface area contributed by atoms with Gasteiger partial charge in [0.05, 0.1) is 5.92 Å². The number of hydrogen-bond donors (Lipinski definition) is 3. The first kappa shape index (κ1) is 20.1. The number of carbonyl (C=O) groups excluding carboxylic acids is 2. The molecular weight excluding hydrogens is 379 g/mol. The summed E-state index contributed by atoms with van der Waals surface area (Å²) in [6.45, 7) is 4.52. The van der Waals surface area contributed by atoms with Crippen LogP contribution in [0.4, 0.5) is 18.9 Å². The van der Waals surface area contributed by atoms with Gasteiger partial charge in [0.15, 0.2) is 0 Å². The molecule has 0 aromatic heterocycles. The molecule has 28 heavy (non-hydrogen) atoms. The topological polar surface area (TPSA) is 98.7 Å². The Hall–Kier alpha value is -2.62. The van der Waals surface area contributed by atoms with Gasteiger partial charge in [-0.3, -0.25) is 14.9 Å². The number of imide groups is 1. The summed E-state index contributed by atoms with van der Waals surface area (Å²) in [6, 6.07) is 8.24. The molecular formula is C18H20F3N3O4. The van der Waals surface area contributed by atoms with Crippen molar-refractivity contribution in [3.8, 4) is 0 Å². The van der Waals surface area contributed by atoms with Crippen LogP contribution in [0.1, 0.15) is 24.3 Å². The van der Waals surface area contributed by atoms with E-state index in [2.05, 4.69) is 27.7 Å². The first-order valence-corrected chi connectivity index (χ1v) is 8.79. The number of alkyl halides is 3. The smallest absolute Gasteiger partial charge is 0.475 e. The van der Waals surface area contributed by atoms with Crippen LogP contribution < -0.4 is 15.5 Å². The first-order chi connectivity index (χ1) is 13.1. The summed E-state index contributed by atoms with van der Waals surface area (Å²) in [7, 11) is 0. The average molecular weight is 399 g/mol. The van der Waals surface area contributed by atoms with Crippen molar-refractivity contribution in [1.29, 1.82) is 0 Å².